The van der Waals surface area contributed by atoms with Gasteiger partial charge in [-0.1, -0.05) is 23.7 Å². The van der Waals surface area contributed by atoms with Gasteiger partial charge in [0.15, 0.2) is 0 Å². The molecule has 0 amide bonds. The molecule has 1 aromatic rings. The molecule has 1 aromatic carbocycles. The van der Waals surface area contributed by atoms with Crippen LogP contribution in [-0.4, -0.2) is 45.2 Å². The van der Waals surface area contributed by atoms with Crippen LogP contribution in [0, 0.1) is 0 Å². The van der Waals surface area contributed by atoms with Crippen LogP contribution in [-0.2, 0) is 6.42 Å². The molecule has 0 saturated heterocycles. The second-order valence-electron chi connectivity index (χ2n) is 5.51. The molecular formula is C15H26ClN3. The van der Waals surface area contributed by atoms with E-state index in [0.29, 0.717) is 0 Å². The van der Waals surface area contributed by atoms with Crippen molar-refractivity contribution < 1.29 is 0 Å². The van der Waals surface area contributed by atoms with Crippen molar-refractivity contribution in [1.82, 2.24) is 4.90 Å². The first-order valence-electron chi connectivity index (χ1n) is 6.80. The lowest BCUT2D eigenvalue weighted by atomic mass is 10.0. The van der Waals surface area contributed by atoms with Crippen molar-refractivity contribution in [2.75, 3.05) is 39.1 Å². The minimum atomic E-state index is 0.146. The van der Waals surface area contributed by atoms with Crippen LogP contribution in [0.25, 0.3) is 0 Å². The number of anilines is 1. The van der Waals surface area contributed by atoms with Crippen LogP contribution in [0.3, 0.4) is 0 Å². The second-order valence-corrected chi connectivity index (χ2v) is 5.91. The van der Waals surface area contributed by atoms with E-state index in [1.54, 1.807) is 0 Å². The number of rotatable bonds is 7. The van der Waals surface area contributed by atoms with Gasteiger partial charge in [0.1, 0.15) is 0 Å². The molecule has 2 N–H and O–H groups in total. The summed E-state index contributed by atoms with van der Waals surface area (Å²) in [7, 11) is 6.29. The highest BCUT2D eigenvalue weighted by Gasteiger charge is 2.12. The lowest BCUT2D eigenvalue weighted by Crippen LogP contribution is -2.26. The molecule has 0 spiro atoms. The summed E-state index contributed by atoms with van der Waals surface area (Å²) in [6.45, 7) is 4.10. The Balaban J connectivity index is 2.79. The highest BCUT2D eigenvalue weighted by molar-refractivity contribution is 6.33. The molecule has 1 atom stereocenters. The molecule has 0 aliphatic rings. The first-order valence-corrected chi connectivity index (χ1v) is 7.18. The highest BCUT2D eigenvalue weighted by atomic mass is 35.5. The lowest BCUT2D eigenvalue weighted by Gasteiger charge is -2.25. The summed E-state index contributed by atoms with van der Waals surface area (Å²) in [6, 6.07) is 6.21. The molecule has 0 fully saturated rings. The number of hydrogen-bond acceptors (Lipinski definition) is 3. The van der Waals surface area contributed by atoms with E-state index in [0.717, 1.165) is 36.6 Å². The largest absolute Gasteiger partial charge is 0.373 e. The van der Waals surface area contributed by atoms with E-state index in [9.17, 15) is 0 Å². The van der Waals surface area contributed by atoms with Gasteiger partial charge in [-0.25, -0.2) is 0 Å². The molecule has 19 heavy (non-hydrogen) atoms. The fourth-order valence-electron chi connectivity index (χ4n) is 2.23. The quantitative estimate of drug-likeness (QED) is 0.835. The fraction of sp³-hybridized carbons (Fsp3) is 0.600. The van der Waals surface area contributed by atoms with E-state index in [-0.39, 0.29) is 6.04 Å². The summed E-state index contributed by atoms with van der Waals surface area (Å²) in [6.07, 6.45) is 1.97. The Hall–Kier alpha value is -0.770. The number of benzene rings is 1. The molecule has 3 nitrogen and oxygen atoms in total. The second kappa shape index (κ2) is 7.73. The topological polar surface area (TPSA) is 32.5 Å². The van der Waals surface area contributed by atoms with E-state index in [1.807, 2.05) is 19.1 Å². The van der Waals surface area contributed by atoms with Crippen LogP contribution < -0.4 is 10.6 Å². The van der Waals surface area contributed by atoms with Crippen molar-refractivity contribution in [2.45, 2.75) is 25.8 Å². The van der Waals surface area contributed by atoms with Crippen LogP contribution in [0.2, 0.25) is 5.02 Å². The summed E-state index contributed by atoms with van der Waals surface area (Å²) in [5, 5.41) is 0.811. The Morgan fingerprint density at radius 3 is 2.47 bits per heavy atom. The number of nitrogens with zero attached hydrogens (tertiary/aromatic N) is 2. The highest BCUT2D eigenvalue weighted by Crippen LogP contribution is 2.30. The first-order chi connectivity index (χ1) is 8.91. The van der Waals surface area contributed by atoms with Crippen LogP contribution in [0.4, 0.5) is 5.69 Å². The van der Waals surface area contributed by atoms with E-state index in [2.05, 4.69) is 37.0 Å². The Kier molecular flexibility index (Phi) is 6.63. The predicted molar refractivity (Wildman–Crippen MR) is 85.2 cm³/mol. The van der Waals surface area contributed by atoms with Gasteiger partial charge in [0, 0.05) is 19.6 Å². The standard InChI is InChI=1S/C15H26ClN3/c1-12(17)11-13-7-5-8-14(16)15(13)19(4)10-6-9-18(2)3/h5,7-8,12H,6,9-11,17H2,1-4H3. The van der Waals surface area contributed by atoms with Crippen LogP contribution in [0.5, 0.6) is 0 Å². The monoisotopic (exact) mass is 283 g/mol. The molecule has 0 heterocycles. The van der Waals surface area contributed by atoms with Crippen molar-refractivity contribution in [3.8, 4) is 0 Å². The number of halogens is 1. The summed E-state index contributed by atoms with van der Waals surface area (Å²) < 4.78 is 0. The smallest absolute Gasteiger partial charge is 0.0642 e. The summed E-state index contributed by atoms with van der Waals surface area (Å²) in [5.41, 5.74) is 8.27. The molecule has 0 aliphatic carbocycles. The first kappa shape index (κ1) is 16.3. The zero-order valence-corrected chi connectivity index (χ0v) is 13.2. The molecule has 1 rings (SSSR count). The minimum absolute atomic E-state index is 0.146. The zero-order valence-electron chi connectivity index (χ0n) is 12.5. The molecule has 0 saturated carbocycles. The molecule has 0 bridgehead atoms. The third-order valence-corrected chi connectivity index (χ3v) is 3.40. The third-order valence-electron chi connectivity index (χ3n) is 3.09. The van der Waals surface area contributed by atoms with Crippen LogP contribution >= 0.6 is 11.6 Å². The fourth-order valence-corrected chi connectivity index (χ4v) is 2.57. The van der Waals surface area contributed by atoms with E-state index in [1.165, 1.54) is 5.56 Å². The molecule has 108 valence electrons. The zero-order chi connectivity index (χ0) is 14.4. The Labute approximate surface area is 122 Å². The van der Waals surface area contributed by atoms with Crippen molar-refractivity contribution in [2.24, 2.45) is 5.73 Å². The maximum Gasteiger partial charge on any atom is 0.0642 e. The normalized spacial score (nSPS) is 12.8. The van der Waals surface area contributed by atoms with Gasteiger partial charge in [-0.3, -0.25) is 0 Å². The molecule has 0 radical (unpaired) electrons. The minimum Gasteiger partial charge on any atom is -0.373 e. The van der Waals surface area contributed by atoms with Gasteiger partial charge in [0.05, 0.1) is 10.7 Å². The SMILES string of the molecule is CC(N)Cc1cccc(Cl)c1N(C)CCCN(C)C. The van der Waals surface area contributed by atoms with Crippen molar-refractivity contribution in [3.05, 3.63) is 28.8 Å². The van der Waals surface area contributed by atoms with Crippen molar-refractivity contribution in [1.29, 1.82) is 0 Å². The molecule has 4 heteroatoms. The Bertz CT molecular complexity index is 391. The van der Waals surface area contributed by atoms with Gasteiger partial charge in [-0.05, 0) is 52.0 Å². The van der Waals surface area contributed by atoms with Gasteiger partial charge >= 0.3 is 0 Å². The molecular weight excluding hydrogens is 258 g/mol. The average Bonchev–Trinajstić information content (AvgIpc) is 2.27. The van der Waals surface area contributed by atoms with E-state index < -0.39 is 0 Å². The number of nitrogens with two attached hydrogens (primary N) is 1. The molecule has 0 aromatic heterocycles. The van der Waals surface area contributed by atoms with Crippen LogP contribution in [0.1, 0.15) is 18.9 Å². The number of hydrogen-bond donors (Lipinski definition) is 1. The summed E-state index contributed by atoms with van der Waals surface area (Å²) in [4.78, 5) is 4.44. The van der Waals surface area contributed by atoms with E-state index >= 15 is 0 Å². The van der Waals surface area contributed by atoms with Crippen molar-refractivity contribution in [3.63, 3.8) is 0 Å². The number of para-hydroxylation sites is 1. The predicted octanol–water partition coefficient (Wildman–Crippen LogP) is 2.62. The van der Waals surface area contributed by atoms with Gasteiger partial charge in [-0.15, -0.1) is 0 Å². The molecule has 0 aliphatic heterocycles. The third kappa shape index (κ3) is 5.39. The van der Waals surface area contributed by atoms with Crippen LogP contribution in [0.15, 0.2) is 18.2 Å². The maximum atomic E-state index is 6.36. The summed E-state index contributed by atoms with van der Waals surface area (Å²) in [5.74, 6) is 0. The van der Waals surface area contributed by atoms with Gasteiger partial charge in [-0.2, -0.15) is 0 Å². The Morgan fingerprint density at radius 1 is 1.21 bits per heavy atom. The Morgan fingerprint density at radius 2 is 1.89 bits per heavy atom. The van der Waals surface area contributed by atoms with Gasteiger partial charge < -0.3 is 15.5 Å². The molecule has 1 unspecified atom stereocenters. The van der Waals surface area contributed by atoms with Crippen molar-refractivity contribution >= 4 is 17.3 Å². The maximum absolute atomic E-state index is 6.36. The van der Waals surface area contributed by atoms with Gasteiger partial charge in [0.2, 0.25) is 0 Å². The lowest BCUT2D eigenvalue weighted by molar-refractivity contribution is 0.401. The van der Waals surface area contributed by atoms with E-state index in [4.69, 9.17) is 17.3 Å². The van der Waals surface area contributed by atoms with Gasteiger partial charge in [0.25, 0.3) is 0 Å². The average molecular weight is 284 g/mol. The summed E-state index contributed by atoms with van der Waals surface area (Å²) >= 11 is 6.36.